The highest BCUT2D eigenvalue weighted by Crippen LogP contribution is 2.38. The molecule has 0 aliphatic rings. The average molecular weight is 467 g/mol. The summed E-state index contributed by atoms with van der Waals surface area (Å²) in [5.74, 6) is 0. The van der Waals surface area contributed by atoms with E-state index in [-0.39, 0.29) is 11.1 Å². The minimum Gasteiger partial charge on any atom is -0.281 e. The van der Waals surface area contributed by atoms with Gasteiger partial charge in [0, 0.05) is 13.1 Å². The van der Waals surface area contributed by atoms with Crippen molar-refractivity contribution in [1.29, 1.82) is 0 Å². The first kappa shape index (κ1) is 22.4. The number of aromatic nitrogens is 4. The summed E-state index contributed by atoms with van der Waals surface area (Å²) in [7, 11) is 2.73. The first-order valence-corrected chi connectivity index (χ1v) is 12.7. The molecule has 0 radical (unpaired) electrons. The van der Waals surface area contributed by atoms with Crippen molar-refractivity contribution in [2.24, 2.45) is 0 Å². The van der Waals surface area contributed by atoms with E-state index in [1.165, 1.54) is 21.6 Å². The largest absolute Gasteiger partial charge is 0.286 e. The molecule has 0 unspecified atom stereocenters. The summed E-state index contributed by atoms with van der Waals surface area (Å²) < 4.78 is 7.38. The van der Waals surface area contributed by atoms with E-state index in [1.54, 1.807) is 9.36 Å². The van der Waals surface area contributed by atoms with Crippen molar-refractivity contribution < 1.29 is 0 Å². The van der Waals surface area contributed by atoms with Gasteiger partial charge in [-0.2, -0.15) is 0 Å². The summed E-state index contributed by atoms with van der Waals surface area (Å²) in [6, 6.07) is 19.3. The Morgan fingerprint density at radius 1 is 0.625 bits per heavy atom. The maximum Gasteiger partial charge on any atom is 0.286 e. The zero-order chi connectivity index (χ0) is 22.8. The highest BCUT2D eigenvalue weighted by molar-refractivity contribution is 8.76. The fourth-order valence-electron chi connectivity index (χ4n) is 3.94. The van der Waals surface area contributed by atoms with Gasteiger partial charge in [-0.1, -0.05) is 36.4 Å². The van der Waals surface area contributed by atoms with Crippen LogP contribution in [0.3, 0.4) is 0 Å². The third kappa shape index (κ3) is 3.78. The minimum atomic E-state index is -0.0657. The number of nitrogens with zero attached hydrogens (tertiary/aromatic N) is 4. The third-order valence-corrected chi connectivity index (χ3v) is 8.10. The van der Waals surface area contributed by atoms with Gasteiger partial charge in [-0.05, 0) is 73.5 Å². The van der Waals surface area contributed by atoms with Gasteiger partial charge >= 0.3 is 0 Å². The molecule has 0 aliphatic heterocycles. The first-order valence-electron chi connectivity index (χ1n) is 10.6. The van der Waals surface area contributed by atoms with Crippen LogP contribution in [0.15, 0.2) is 80.0 Å². The third-order valence-electron chi connectivity index (χ3n) is 5.50. The lowest BCUT2D eigenvalue weighted by atomic mass is 10.3. The number of benzene rings is 2. The van der Waals surface area contributed by atoms with Crippen molar-refractivity contribution in [2.45, 2.75) is 50.6 Å². The van der Waals surface area contributed by atoms with Gasteiger partial charge in [-0.3, -0.25) is 19.0 Å². The smallest absolute Gasteiger partial charge is 0.281 e. The molecule has 0 amide bonds. The molecule has 0 saturated heterocycles. The summed E-state index contributed by atoms with van der Waals surface area (Å²) in [5, 5.41) is 0. The summed E-state index contributed by atoms with van der Waals surface area (Å²) in [4.78, 5) is 28.0. The average Bonchev–Trinajstić information content (AvgIpc) is 3.21. The van der Waals surface area contributed by atoms with E-state index in [9.17, 15) is 9.59 Å². The zero-order valence-corrected chi connectivity index (χ0v) is 20.2. The fourth-order valence-corrected chi connectivity index (χ4v) is 6.53. The molecule has 4 rings (SSSR count). The van der Waals surface area contributed by atoms with Crippen LogP contribution in [0.4, 0.5) is 0 Å². The summed E-state index contributed by atoms with van der Waals surface area (Å²) >= 11 is 0. The number of rotatable bonds is 7. The molecule has 0 spiro atoms. The fraction of sp³-hybridized carbons (Fsp3) is 0.250. The molecule has 0 bridgehead atoms. The Kier molecular flexibility index (Phi) is 6.53. The molecule has 0 fully saturated rings. The Balaban J connectivity index is 1.74. The van der Waals surface area contributed by atoms with Crippen LogP contribution in [0.5, 0.6) is 0 Å². The predicted molar refractivity (Wildman–Crippen MR) is 133 cm³/mol. The van der Waals surface area contributed by atoms with Crippen molar-refractivity contribution in [3.8, 4) is 11.4 Å². The molecule has 2 aromatic carbocycles. The quantitative estimate of drug-likeness (QED) is 0.358. The number of hydrogen-bond acceptors (Lipinski definition) is 4. The van der Waals surface area contributed by atoms with Crippen molar-refractivity contribution >= 4 is 21.6 Å². The number of hydrogen-bond donors (Lipinski definition) is 0. The van der Waals surface area contributed by atoms with Crippen molar-refractivity contribution in [3.05, 3.63) is 92.8 Å². The molecule has 0 saturated carbocycles. The van der Waals surface area contributed by atoms with E-state index in [0.29, 0.717) is 22.9 Å². The highest BCUT2D eigenvalue weighted by Gasteiger charge is 2.22. The van der Waals surface area contributed by atoms with Crippen LogP contribution in [-0.4, -0.2) is 18.7 Å². The Morgan fingerprint density at radius 2 is 0.969 bits per heavy atom. The van der Waals surface area contributed by atoms with E-state index in [2.05, 4.69) is 0 Å². The number of para-hydroxylation sites is 2. The van der Waals surface area contributed by atoms with Gasteiger partial charge in [0.2, 0.25) is 0 Å². The molecular formula is C24H26N4O2S2. The van der Waals surface area contributed by atoms with Crippen LogP contribution in [0.1, 0.15) is 25.2 Å². The van der Waals surface area contributed by atoms with Crippen molar-refractivity contribution in [2.75, 3.05) is 0 Å². The molecule has 0 N–H and O–H groups in total. The standard InChI is InChI=1S/C24H26N4O2S2/c1-5-25-17(3)21(23(29)27(25)19-13-9-7-10-14-19)31-32-22-18(4)26(6-2)28(24(22)30)20-15-11-8-12-16-20/h7-16H,5-6H2,1-4H3. The Hall–Kier alpha value is -2.84. The lowest BCUT2D eigenvalue weighted by Crippen LogP contribution is -2.21. The lowest BCUT2D eigenvalue weighted by molar-refractivity contribution is 0.559. The van der Waals surface area contributed by atoms with Gasteiger partial charge in [0.25, 0.3) is 11.1 Å². The van der Waals surface area contributed by atoms with Gasteiger partial charge in [0.05, 0.1) is 22.8 Å². The molecule has 2 aromatic heterocycles. The summed E-state index contributed by atoms with van der Waals surface area (Å²) in [6.45, 7) is 9.31. The molecule has 2 heterocycles. The van der Waals surface area contributed by atoms with E-state index in [4.69, 9.17) is 0 Å². The van der Waals surface area contributed by atoms with Gasteiger partial charge in [-0.15, -0.1) is 0 Å². The summed E-state index contributed by atoms with van der Waals surface area (Å²) in [6.07, 6.45) is 0. The van der Waals surface area contributed by atoms with Crippen LogP contribution in [0.25, 0.3) is 11.4 Å². The van der Waals surface area contributed by atoms with Crippen molar-refractivity contribution in [3.63, 3.8) is 0 Å². The Morgan fingerprint density at radius 3 is 1.28 bits per heavy atom. The van der Waals surface area contributed by atoms with Gasteiger partial charge < -0.3 is 0 Å². The zero-order valence-electron chi connectivity index (χ0n) is 18.6. The van der Waals surface area contributed by atoms with Crippen molar-refractivity contribution in [1.82, 2.24) is 18.7 Å². The second kappa shape index (κ2) is 9.34. The van der Waals surface area contributed by atoms with Crippen LogP contribution in [0.2, 0.25) is 0 Å². The van der Waals surface area contributed by atoms with E-state index in [0.717, 1.165) is 22.8 Å². The van der Waals surface area contributed by atoms with Crippen LogP contribution >= 0.6 is 21.6 Å². The topological polar surface area (TPSA) is 53.9 Å². The lowest BCUT2D eigenvalue weighted by Gasteiger charge is -2.10. The molecule has 166 valence electrons. The second-order valence-electron chi connectivity index (χ2n) is 7.33. The normalized spacial score (nSPS) is 11.2. The monoisotopic (exact) mass is 466 g/mol. The minimum absolute atomic E-state index is 0.0657. The van der Waals surface area contributed by atoms with E-state index >= 15 is 0 Å². The van der Waals surface area contributed by atoms with Crippen LogP contribution in [-0.2, 0) is 13.1 Å². The molecule has 32 heavy (non-hydrogen) atoms. The summed E-state index contributed by atoms with van der Waals surface area (Å²) in [5.41, 5.74) is 3.33. The predicted octanol–water partition coefficient (Wildman–Crippen LogP) is 5.05. The first-order chi connectivity index (χ1) is 15.5. The van der Waals surface area contributed by atoms with E-state index < -0.39 is 0 Å². The molecule has 0 atom stereocenters. The second-order valence-corrected chi connectivity index (χ2v) is 9.48. The molecule has 8 heteroatoms. The molecule has 6 nitrogen and oxygen atoms in total. The molecule has 4 aromatic rings. The molecule has 0 aliphatic carbocycles. The van der Waals surface area contributed by atoms with Gasteiger partial charge in [0.1, 0.15) is 9.79 Å². The SMILES string of the molecule is CCn1c(C)c(SSc2c(C)n(CC)n(-c3ccccc3)c2=O)c(=O)n1-c1ccccc1. The maximum atomic E-state index is 13.3. The van der Waals surface area contributed by atoms with Gasteiger partial charge in [0.15, 0.2) is 0 Å². The highest BCUT2D eigenvalue weighted by atomic mass is 33.1. The van der Waals surface area contributed by atoms with E-state index in [1.807, 2.05) is 97.7 Å². The Bertz CT molecular complexity index is 1240. The Labute approximate surface area is 194 Å². The molecular weight excluding hydrogens is 440 g/mol. The van der Waals surface area contributed by atoms with Gasteiger partial charge in [-0.25, -0.2) is 9.36 Å². The van der Waals surface area contributed by atoms with Crippen LogP contribution < -0.4 is 11.1 Å². The maximum absolute atomic E-state index is 13.3. The van der Waals surface area contributed by atoms with Crippen LogP contribution in [0, 0.1) is 13.8 Å².